The van der Waals surface area contributed by atoms with Crippen LogP contribution in [0.3, 0.4) is 0 Å². The minimum Gasteiger partial charge on any atom is -0.481 e. The van der Waals surface area contributed by atoms with E-state index < -0.39 is 23.2 Å². The lowest BCUT2D eigenvalue weighted by Gasteiger charge is -2.15. The van der Waals surface area contributed by atoms with Crippen LogP contribution < -0.4 is 22.6 Å². The van der Waals surface area contributed by atoms with E-state index in [-0.39, 0.29) is 12.2 Å². The van der Waals surface area contributed by atoms with Gasteiger partial charge in [-0.1, -0.05) is 27.7 Å². The first-order chi connectivity index (χ1) is 26.7. The number of aliphatic carboxylic acids is 2. The lowest BCUT2D eigenvalue weighted by molar-refractivity contribution is -0.138. The van der Waals surface area contributed by atoms with Gasteiger partial charge in [-0.15, -0.1) is 11.8 Å². The Balaban J connectivity index is -0.000000600. The summed E-state index contributed by atoms with van der Waals surface area (Å²) in [5.41, 5.74) is 11.6. The lowest BCUT2D eigenvalue weighted by Crippen LogP contribution is -2.33. The summed E-state index contributed by atoms with van der Waals surface area (Å²) in [5, 5.41) is 20.5. The summed E-state index contributed by atoms with van der Waals surface area (Å²) in [5.74, 6) is 3.55. The number of nitrogens with one attached hydrogen (secondary N) is 1. The topological polar surface area (TPSA) is 268 Å². The van der Waals surface area contributed by atoms with Gasteiger partial charge in [-0.05, 0) is 14.0 Å². The molecule has 0 radical (unpaired) electrons. The lowest BCUT2D eigenvalue weighted by atomic mass is 10.3. The number of ether oxygens (including phenoxy) is 9. The molecule has 0 fully saturated rings. The smallest absolute Gasteiger partial charge is 0.321 e. The molecule has 2 unspecified atom stereocenters. The van der Waals surface area contributed by atoms with Crippen molar-refractivity contribution in [2.45, 2.75) is 52.3 Å². The summed E-state index contributed by atoms with van der Waals surface area (Å²) in [6, 6.07) is -1.07. The second kappa shape index (κ2) is 51.8. The van der Waals surface area contributed by atoms with Crippen molar-refractivity contribution in [2.75, 3.05) is 145 Å². The van der Waals surface area contributed by atoms with Crippen molar-refractivity contribution in [3.8, 4) is 0 Å². The average molecular weight is 822 g/mol. The average Bonchev–Trinajstić information content (AvgIpc) is 3.17. The van der Waals surface area contributed by atoms with Crippen LogP contribution in [0, 0.1) is 0 Å². The van der Waals surface area contributed by atoms with Crippen molar-refractivity contribution in [3.63, 3.8) is 0 Å². The Hall–Kier alpha value is -2.18. The van der Waals surface area contributed by atoms with Crippen molar-refractivity contribution < 1.29 is 67.2 Å². The second-order valence-corrected chi connectivity index (χ2v) is 11.4. The zero-order chi connectivity index (χ0) is 42.2. The number of carbonyl (C=O) groups is 3. The molecular formula is C35H75N5O14S. The van der Waals surface area contributed by atoms with E-state index in [0.29, 0.717) is 144 Å². The highest BCUT2D eigenvalue weighted by Gasteiger charge is 2.17. The number of likely N-dealkylation sites (N-methyl/N-ethyl adjacent to an activating group) is 1. The Morgan fingerprint density at radius 2 is 1.04 bits per heavy atom. The summed E-state index contributed by atoms with van der Waals surface area (Å²) >= 11 is 0.932. The Morgan fingerprint density at radius 1 is 0.691 bits per heavy atom. The van der Waals surface area contributed by atoms with Crippen LogP contribution in [-0.4, -0.2) is 190 Å². The van der Waals surface area contributed by atoms with Gasteiger partial charge in [0.1, 0.15) is 12.3 Å². The Bertz CT molecular complexity index is 840. The van der Waals surface area contributed by atoms with E-state index >= 15 is 0 Å². The number of aldehydes is 1. The third-order valence-electron chi connectivity index (χ3n) is 5.72. The van der Waals surface area contributed by atoms with Gasteiger partial charge in [-0.2, -0.15) is 0 Å². The molecule has 0 saturated heterocycles. The van der Waals surface area contributed by atoms with Crippen LogP contribution in [0.4, 0.5) is 0 Å². The predicted octanol–water partition coefficient (Wildman–Crippen LogP) is 0.577. The summed E-state index contributed by atoms with van der Waals surface area (Å²) < 4.78 is 48.6. The Kier molecular flexibility index (Phi) is 56.1. The quantitative estimate of drug-likeness (QED) is 0.0215. The summed E-state index contributed by atoms with van der Waals surface area (Å²) in [4.78, 5) is 30.9. The SMILES string of the molecule is CC.CC.CCOCCOCCOCCOCCOCCOCCOCCOCCOCCN(N)/C=C(\N)CNC.NC(CSC(C=O)CC(=O)O)C(=O)O. The monoisotopic (exact) mass is 822 g/mol. The summed E-state index contributed by atoms with van der Waals surface area (Å²) in [7, 11) is 1.82. The van der Waals surface area contributed by atoms with E-state index in [4.69, 9.17) is 70.2 Å². The van der Waals surface area contributed by atoms with Gasteiger partial charge >= 0.3 is 11.9 Å². The van der Waals surface area contributed by atoms with E-state index in [1.54, 1.807) is 6.20 Å². The molecule has 20 heteroatoms. The molecular weight excluding hydrogens is 746 g/mol. The highest BCUT2D eigenvalue weighted by molar-refractivity contribution is 8.00. The predicted molar refractivity (Wildman–Crippen MR) is 213 cm³/mol. The third-order valence-corrected chi connectivity index (χ3v) is 6.98. The van der Waals surface area contributed by atoms with Crippen molar-refractivity contribution >= 4 is 30.0 Å². The van der Waals surface area contributed by atoms with Crippen LogP contribution >= 0.6 is 11.8 Å². The highest BCUT2D eigenvalue weighted by Crippen LogP contribution is 2.13. The zero-order valence-electron chi connectivity index (χ0n) is 34.2. The third kappa shape index (κ3) is 54.0. The Labute approximate surface area is 333 Å². The molecule has 0 aliphatic heterocycles. The number of carbonyl (C=O) groups excluding carboxylic acids is 1. The van der Waals surface area contributed by atoms with Gasteiger partial charge in [0.05, 0.1) is 131 Å². The molecule has 2 atom stereocenters. The van der Waals surface area contributed by atoms with Crippen molar-refractivity contribution in [3.05, 3.63) is 11.9 Å². The molecule has 0 aromatic carbocycles. The molecule has 0 amide bonds. The summed E-state index contributed by atoms with van der Waals surface area (Å²) in [6.45, 7) is 20.8. The standard InChI is InChI=1S/C24H52N4O9.C7H11NO5S.2C2H6/c1-3-29-6-7-31-10-11-33-14-15-35-18-19-37-21-20-36-17-16-34-13-12-32-9-8-30-5-4-28(26)23-24(25)22-27-2;8-5(7(12)13)3-14-4(2-9)1-6(10)11;2*1-2/h23,27H,3-22,25-26H2,1-2H3;2,4-5H,1,3,8H2,(H,10,11)(H,12,13);2*1-2H3/b24-23-;;;. The maximum Gasteiger partial charge on any atom is 0.321 e. The molecule has 0 aromatic heterocycles. The molecule has 0 spiro atoms. The molecule has 0 heterocycles. The van der Waals surface area contributed by atoms with Gasteiger partial charge in [0.25, 0.3) is 0 Å². The van der Waals surface area contributed by atoms with Crippen LogP contribution in [0.1, 0.15) is 41.0 Å². The Morgan fingerprint density at radius 3 is 1.33 bits per heavy atom. The molecule has 330 valence electrons. The van der Waals surface area contributed by atoms with Crippen molar-refractivity contribution in [1.29, 1.82) is 0 Å². The number of nitrogens with two attached hydrogens (primary N) is 3. The minimum absolute atomic E-state index is 0.0199. The first kappa shape index (κ1) is 59.5. The molecule has 0 aliphatic carbocycles. The van der Waals surface area contributed by atoms with Crippen LogP contribution in [-0.2, 0) is 57.0 Å². The number of hydrazine groups is 1. The molecule has 0 saturated carbocycles. The van der Waals surface area contributed by atoms with Gasteiger partial charge in [-0.25, -0.2) is 5.84 Å². The maximum atomic E-state index is 10.4. The fraction of sp³-hybridized carbons (Fsp3) is 0.857. The van der Waals surface area contributed by atoms with E-state index in [2.05, 4.69) is 5.32 Å². The van der Waals surface area contributed by atoms with E-state index in [1.165, 1.54) is 5.01 Å². The van der Waals surface area contributed by atoms with Gasteiger partial charge in [0.15, 0.2) is 0 Å². The summed E-state index contributed by atoms with van der Waals surface area (Å²) in [6.07, 6.45) is 1.85. The van der Waals surface area contributed by atoms with E-state index in [1.807, 2.05) is 41.7 Å². The molecule has 55 heavy (non-hydrogen) atoms. The second-order valence-electron chi connectivity index (χ2n) is 10.1. The van der Waals surface area contributed by atoms with Crippen LogP contribution in [0.15, 0.2) is 11.9 Å². The first-order valence-corrected chi connectivity index (χ1v) is 19.8. The van der Waals surface area contributed by atoms with Crippen LogP contribution in [0.25, 0.3) is 0 Å². The normalized spacial score (nSPS) is 11.9. The van der Waals surface area contributed by atoms with Gasteiger partial charge in [0.2, 0.25) is 0 Å². The molecule has 0 aromatic rings. The van der Waals surface area contributed by atoms with Crippen molar-refractivity contribution in [2.24, 2.45) is 17.3 Å². The molecule has 19 nitrogen and oxygen atoms in total. The minimum atomic E-state index is -1.17. The zero-order valence-corrected chi connectivity index (χ0v) is 35.1. The van der Waals surface area contributed by atoms with E-state index in [9.17, 15) is 14.4 Å². The molecule has 9 N–H and O–H groups in total. The number of thioether (sulfide) groups is 1. The largest absolute Gasteiger partial charge is 0.481 e. The first-order valence-electron chi connectivity index (χ1n) is 18.8. The maximum absolute atomic E-state index is 10.4. The van der Waals surface area contributed by atoms with Crippen LogP contribution in [0.2, 0.25) is 0 Å². The number of nitrogens with zero attached hydrogens (tertiary/aromatic N) is 1. The van der Waals surface area contributed by atoms with Gasteiger partial charge < -0.3 is 79.4 Å². The molecule has 0 rings (SSSR count). The fourth-order valence-corrected chi connectivity index (χ4v) is 4.15. The van der Waals surface area contributed by atoms with Gasteiger partial charge in [-0.3, -0.25) is 9.59 Å². The molecule has 0 aliphatic rings. The van der Waals surface area contributed by atoms with Crippen LogP contribution in [0.5, 0.6) is 0 Å². The molecule has 0 bridgehead atoms. The number of rotatable bonds is 38. The van der Waals surface area contributed by atoms with Crippen molar-refractivity contribution in [1.82, 2.24) is 10.3 Å². The number of hydrogen-bond acceptors (Lipinski definition) is 18. The van der Waals surface area contributed by atoms with E-state index in [0.717, 1.165) is 11.8 Å². The number of carboxylic acid groups (broad SMARTS) is 2. The number of hydrogen-bond donors (Lipinski definition) is 6. The highest BCUT2D eigenvalue weighted by atomic mass is 32.2. The number of carboxylic acids is 2. The fourth-order valence-electron chi connectivity index (χ4n) is 3.22. The van der Waals surface area contributed by atoms with Gasteiger partial charge in [0, 0.05) is 30.8 Å².